The average molecular weight is 424 g/mol. The van der Waals surface area contributed by atoms with E-state index in [1.165, 1.54) is 0 Å². The summed E-state index contributed by atoms with van der Waals surface area (Å²) >= 11 is 0. The van der Waals surface area contributed by atoms with Crippen molar-refractivity contribution < 1.29 is 4.74 Å². The highest BCUT2D eigenvalue weighted by molar-refractivity contribution is 5.89. The number of ether oxygens (including phenoxy) is 1. The number of nitriles is 3. The van der Waals surface area contributed by atoms with Crippen LogP contribution in [-0.2, 0) is 0 Å². The van der Waals surface area contributed by atoms with E-state index in [-0.39, 0.29) is 23.2 Å². The zero-order chi connectivity index (χ0) is 23.0. The SMILES string of the molecule is COc1ccc2ccccc2c1[C@@H]1[C@@H]2CN(C(C)C)CC=C2C(C#N)=C(N)C1(C#N)C#N. The van der Waals surface area contributed by atoms with Crippen LogP contribution in [0.2, 0.25) is 0 Å². The summed E-state index contributed by atoms with van der Waals surface area (Å²) in [5.41, 5.74) is 6.68. The minimum Gasteiger partial charge on any atom is -0.496 e. The molecule has 6 heteroatoms. The number of nitrogens with two attached hydrogens (primary N) is 1. The van der Waals surface area contributed by atoms with Gasteiger partial charge in [-0.05, 0) is 36.3 Å². The van der Waals surface area contributed by atoms with Gasteiger partial charge in [-0.15, -0.1) is 0 Å². The molecule has 0 bridgehead atoms. The number of rotatable bonds is 3. The van der Waals surface area contributed by atoms with Crippen LogP contribution in [0.5, 0.6) is 5.75 Å². The second kappa shape index (κ2) is 8.04. The molecule has 1 heterocycles. The Morgan fingerprint density at radius 3 is 2.47 bits per heavy atom. The Hall–Kier alpha value is -3.79. The van der Waals surface area contributed by atoms with Gasteiger partial charge >= 0.3 is 0 Å². The number of fused-ring (bicyclic) bond motifs is 2. The third-order valence-electron chi connectivity index (χ3n) is 6.88. The predicted molar refractivity (Wildman–Crippen MR) is 122 cm³/mol. The van der Waals surface area contributed by atoms with Gasteiger partial charge in [0.25, 0.3) is 0 Å². The third kappa shape index (κ3) is 2.94. The quantitative estimate of drug-likeness (QED) is 0.799. The van der Waals surface area contributed by atoms with Crippen molar-refractivity contribution in [2.45, 2.75) is 25.8 Å². The molecule has 32 heavy (non-hydrogen) atoms. The first-order valence-corrected chi connectivity index (χ1v) is 10.7. The number of allylic oxidation sites excluding steroid dienone is 2. The van der Waals surface area contributed by atoms with Crippen molar-refractivity contribution in [3.8, 4) is 24.0 Å². The molecule has 0 saturated heterocycles. The Balaban J connectivity index is 2.12. The van der Waals surface area contributed by atoms with Crippen LogP contribution in [0.25, 0.3) is 10.8 Å². The van der Waals surface area contributed by atoms with Crippen molar-refractivity contribution in [2.75, 3.05) is 20.2 Å². The summed E-state index contributed by atoms with van der Waals surface area (Å²) in [6.45, 7) is 5.54. The lowest BCUT2D eigenvalue weighted by Gasteiger charge is -2.46. The predicted octanol–water partition coefficient (Wildman–Crippen LogP) is 3.98. The first-order valence-electron chi connectivity index (χ1n) is 10.7. The molecule has 160 valence electrons. The molecule has 2 aromatic rings. The summed E-state index contributed by atoms with van der Waals surface area (Å²) in [6, 6.07) is 18.6. The van der Waals surface area contributed by atoms with Gasteiger partial charge in [0.1, 0.15) is 11.8 Å². The van der Waals surface area contributed by atoms with Crippen molar-refractivity contribution in [3.63, 3.8) is 0 Å². The van der Waals surface area contributed by atoms with Gasteiger partial charge in [-0.25, -0.2) is 0 Å². The van der Waals surface area contributed by atoms with Gasteiger partial charge in [0, 0.05) is 36.5 Å². The maximum absolute atomic E-state index is 10.4. The van der Waals surface area contributed by atoms with Gasteiger partial charge in [-0.1, -0.05) is 36.4 Å². The largest absolute Gasteiger partial charge is 0.496 e. The molecule has 0 unspecified atom stereocenters. The van der Waals surface area contributed by atoms with Gasteiger partial charge < -0.3 is 10.5 Å². The van der Waals surface area contributed by atoms with E-state index in [0.717, 1.165) is 21.9 Å². The lowest BCUT2D eigenvalue weighted by Crippen LogP contribution is -2.49. The summed E-state index contributed by atoms with van der Waals surface area (Å²) in [7, 11) is 1.59. The van der Waals surface area contributed by atoms with Crippen LogP contribution >= 0.6 is 0 Å². The van der Waals surface area contributed by atoms with Gasteiger partial charge in [-0.3, -0.25) is 4.90 Å². The number of hydrogen-bond donors (Lipinski definition) is 1. The summed E-state index contributed by atoms with van der Waals surface area (Å²) < 4.78 is 5.76. The molecule has 0 aromatic heterocycles. The normalized spacial score (nSPS) is 22.5. The van der Waals surface area contributed by atoms with Crippen molar-refractivity contribution in [1.29, 1.82) is 15.8 Å². The van der Waals surface area contributed by atoms with Crippen LogP contribution in [0, 0.1) is 45.3 Å². The fraction of sp³-hybridized carbons (Fsp3) is 0.346. The topological polar surface area (TPSA) is 110 Å². The monoisotopic (exact) mass is 423 g/mol. The maximum atomic E-state index is 10.4. The van der Waals surface area contributed by atoms with Gasteiger partial charge in [0.05, 0.1) is 30.5 Å². The van der Waals surface area contributed by atoms with E-state index in [0.29, 0.717) is 18.8 Å². The molecule has 2 atom stereocenters. The first-order chi connectivity index (χ1) is 15.4. The van der Waals surface area contributed by atoms with E-state index < -0.39 is 11.3 Å². The van der Waals surface area contributed by atoms with Gasteiger partial charge in [0.2, 0.25) is 0 Å². The van der Waals surface area contributed by atoms with E-state index in [1.54, 1.807) is 7.11 Å². The maximum Gasteiger partial charge on any atom is 0.191 e. The number of hydrogen-bond acceptors (Lipinski definition) is 6. The Labute approximate surface area is 188 Å². The summed E-state index contributed by atoms with van der Waals surface area (Å²) in [4.78, 5) is 2.29. The van der Waals surface area contributed by atoms with E-state index in [4.69, 9.17) is 10.5 Å². The molecule has 0 spiro atoms. The Morgan fingerprint density at radius 2 is 1.84 bits per heavy atom. The highest BCUT2D eigenvalue weighted by atomic mass is 16.5. The van der Waals surface area contributed by atoms with Crippen LogP contribution in [0.1, 0.15) is 25.3 Å². The van der Waals surface area contributed by atoms with Crippen LogP contribution in [0.3, 0.4) is 0 Å². The second-order valence-corrected chi connectivity index (χ2v) is 8.63. The minimum atomic E-state index is -1.69. The molecule has 0 fully saturated rings. The highest BCUT2D eigenvalue weighted by Gasteiger charge is 2.55. The fourth-order valence-electron chi connectivity index (χ4n) is 5.21. The zero-order valence-corrected chi connectivity index (χ0v) is 18.5. The molecule has 2 N–H and O–H groups in total. The lowest BCUT2D eigenvalue weighted by molar-refractivity contribution is 0.173. The number of nitrogens with zero attached hydrogens (tertiary/aromatic N) is 4. The van der Waals surface area contributed by atoms with Crippen molar-refractivity contribution in [2.24, 2.45) is 17.1 Å². The molecule has 0 saturated carbocycles. The Kier molecular flexibility index (Phi) is 5.39. The molecule has 0 amide bonds. The number of methoxy groups -OCH3 is 1. The summed E-state index contributed by atoms with van der Waals surface area (Å²) in [5, 5.41) is 32.6. The van der Waals surface area contributed by atoms with E-state index >= 15 is 0 Å². The van der Waals surface area contributed by atoms with Gasteiger partial charge in [0.15, 0.2) is 5.41 Å². The summed E-state index contributed by atoms with van der Waals surface area (Å²) in [5.74, 6) is -0.242. The lowest BCUT2D eigenvalue weighted by atomic mass is 9.57. The van der Waals surface area contributed by atoms with E-state index in [1.807, 2.05) is 42.5 Å². The Morgan fingerprint density at radius 1 is 1.12 bits per heavy atom. The molecule has 2 aromatic carbocycles. The smallest absolute Gasteiger partial charge is 0.191 e. The van der Waals surface area contributed by atoms with Crippen molar-refractivity contribution in [3.05, 3.63) is 64.9 Å². The molecule has 1 aliphatic heterocycles. The van der Waals surface area contributed by atoms with Crippen LogP contribution in [0.4, 0.5) is 0 Å². The molecular weight excluding hydrogens is 398 g/mol. The average Bonchev–Trinajstić information content (AvgIpc) is 2.82. The first kappa shape index (κ1) is 21.4. The molecule has 2 aliphatic rings. The standard InChI is InChI=1S/C26H25N5O/c1-16(2)31-11-10-19-20(12-27)25(30)26(14-28,15-29)24(21(19)13-31)23-18-7-5-4-6-17(18)8-9-22(23)32-3/h4-10,16,21,24H,11,13,30H2,1-3H3/t21-,24+/m1/s1. The molecule has 4 rings (SSSR count). The zero-order valence-electron chi connectivity index (χ0n) is 18.5. The van der Waals surface area contributed by atoms with E-state index in [2.05, 4.69) is 37.0 Å². The summed E-state index contributed by atoms with van der Waals surface area (Å²) in [6.07, 6.45) is 2.03. The molecule has 0 radical (unpaired) electrons. The fourth-order valence-corrected chi connectivity index (χ4v) is 5.21. The van der Waals surface area contributed by atoms with Crippen LogP contribution < -0.4 is 10.5 Å². The van der Waals surface area contributed by atoms with Crippen molar-refractivity contribution >= 4 is 10.8 Å². The molecule has 1 aliphatic carbocycles. The highest BCUT2D eigenvalue weighted by Crippen LogP contribution is 2.57. The van der Waals surface area contributed by atoms with Gasteiger partial charge in [-0.2, -0.15) is 15.8 Å². The third-order valence-corrected chi connectivity index (χ3v) is 6.88. The Bertz CT molecular complexity index is 1250. The van der Waals surface area contributed by atoms with Crippen molar-refractivity contribution in [1.82, 2.24) is 4.90 Å². The molecular formula is C26H25N5O. The van der Waals surface area contributed by atoms with Crippen LogP contribution in [0.15, 0.2) is 59.3 Å². The molecule has 6 nitrogen and oxygen atoms in total. The number of benzene rings is 2. The minimum absolute atomic E-state index is 0.0329. The second-order valence-electron chi connectivity index (χ2n) is 8.63. The van der Waals surface area contributed by atoms with E-state index in [9.17, 15) is 15.8 Å². The van der Waals surface area contributed by atoms with Crippen LogP contribution in [-0.4, -0.2) is 31.1 Å².